The van der Waals surface area contributed by atoms with Crippen LogP contribution in [0, 0.1) is 11.8 Å². The molecule has 2 aromatic carbocycles. The number of esters is 1. The second kappa shape index (κ2) is 10.4. The summed E-state index contributed by atoms with van der Waals surface area (Å²) in [5.41, 5.74) is 2.01. The Labute approximate surface area is 240 Å². The summed E-state index contributed by atoms with van der Waals surface area (Å²) >= 11 is 0. The molecule has 3 saturated heterocycles. The van der Waals surface area contributed by atoms with Gasteiger partial charge in [0.1, 0.15) is 24.4 Å². The number of phenolic OH excluding ortho intramolecular Hbond substituents is 1. The molecular weight excluding hydrogens is 556 g/mol. The number of carbonyl (C=O) groups is 1. The van der Waals surface area contributed by atoms with Crippen LogP contribution in [-0.4, -0.2) is 92.5 Å². The summed E-state index contributed by atoms with van der Waals surface area (Å²) in [5, 5.41) is 32.5. The SMILES string of the molecule is COc1cc([C@@H]2c3cc4c(cc3[C@@H](O[C@@H]3O[C@H]5CO[C@@H](C)O[C@@H]5[C@H](O)[C@H]3O)[C@H]3COC(=O)[C@H]23)OCO4)cc(OC)c1O. The number of hydrogen-bond donors (Lipinski definition) is 3. The van der Waals surface area contributed by atoms with Crippen molar-refractivity contribution in [3.8, 4) is 28.7 Å². The number of methoxy groups -OCH3 is 2. The second-order valence-electron chi connectivity index (χ2n) is 11.0. The molecule has 4 heterocycles. The smallest absolute Gasteiger partial charge is 0.310 e. The number of fused-ring (bicyclic) bond motifs is 4. The van der Waals surface area contributed by atoms with Gasteiger partial charge < -0.3 is 58.0 Å². The van der Waals surface area contributed by atoms with Crippen molar-refractivity contribution in [2.45, 2.75) is 55.9 Å². The molecule has 10 atom stereocenters. The molecule has 226 valence electrons. The van der Waals surface area contributed by atoms with E-state index in [1.165, 1.54) is 14.2 Å². The van der Waals surface area contributed by atoms with E-state index in [-0.39, 0.29) is 37.3 Å². The summed E-state index contributed by atoms with van der Waals surface area (Å²) in [7, 11) is 2.86. The van der Waals surface area contributed by atoms with Gasteiger partial charge in [0.05, 0.1) is 39.5 Å². The number of aliphatic hydroxyl groups is 2. The summed E-state index contributed by atoms with van der Waals surface area (Å²) in [5.74, 6) is -1.02. The lowest BCUT2D eigenvalue weighted by Gasteiger charge is -2.47. The summed E-state index contributed by atoms with van der Waals surface area (Å²) in [4.78, 5) is 13.4. The monoisotopic (exact) mass is 588 g/mol. The van der Waals surface area contributed by atoms with E-state index in [9.17, 15) is 20.1 Å². The van der Waals surface area contributed by atoms with Crippen LogP contribution in [-0.2, 0) is 28.5 Å². The van der Waals surface area contributed by atoms with Crippen LogP contribution in [0.4, 0.5) is 0 Å². The molecule has 0 radical (unpaired) electrons. The van der Waals surface area contributed by atoms with Crippen molar-refractivity contribution in [3.05, 3.63) is 41.0 Å². The quantitative estimate of drug-likeness (QED) is 0.430. The molecular formula is C29H32O13. The highest BCUT2D eigenvalue weighted by molar-refractivity contribution is 5.79. The zero-order valence-corrected chi connectivity index (χ0v) is 23.1. The molecule has 3 N–H and O–H groups in total. The van der Waals surface area contributed by atoms with E-state index < -0.39 is 66.8 Å². The summed E-state index contributed by atoms with van der Waals surface area (Å²) in [6.07, 6.45) is -6.80. The molecule has 5 aliphatic rings. The average molecular weight is 589 g/mol. The number of aliphatic hydroxyl groups excluding tert-OH is 2. The van der Waals surface area contributed by atoms with Gasteiger partial charge in [-0.2, -0.15) is 0 Å². The van der Waals surface area contributed by atoms with Gasteiger partial charge in [-0.15, -0.1) is 0 Å². The number of aromatic hydroxyl groups is 1. The normalized spacial score (nSPS) is 36.5. The van der Waals surface area contributed by atoms with Crippen molar-refractivity contribution in [2.75, 3.05) is 34.2 Å². The van der Waals surface area contributed by atoms with Crippen LogP contribution in [0.3, 0.4) is 0 Å². The van der Waals surface area contributed by atoms with Crippen molar-refractivity contribution in [1.82, 2.24) is 0 Å². The largest absolute Gasteiger partial charge is 0.502 e. The minimum atomic E-state index is -1.44. The highest BCUT2D eigenvalue weighted by Crippen LogP contribution is 2.57. The predicted molar refractivity (Wildman–Crippen MR) is 138 cm³/mol. The maximum atomic E-state index is 13.4. The van der Waals surface area contributed by atoms with Gasteiger partial charge in [-0.1, -0.05) is 0 Å². The highest BCUT2D eigenvalue weighted by Gasteiger charge is 2.56. The molecule has 0 amide bonds. The molecule has 7 rings (SSSR count). The molecule has 2 aromatic rings. The maximum absolute atomic E-state index is 13.4. The topological polar surface area (TPSA) is 161 Å². The van der Waals surface area contributed by atoms with Crippen LogP contribution in [0.25, 0.3) is 0 Å². The Morgan fingerprint density at radius 3 is 2.26 bits per heavy atom. The third-order valence-electron chi connectivity index (χ3n) is 8.75. The van der Waals surface area contributed by atoms with E-state index >= 15 is 0 Å². The molecule has 1 aliphatic carbocycles. The van der Waals surface area contributed by atoms with Crippen molar-refractivity contribution in [3.63, 3.8) is 0 Å². The van der Waals surface area contributed by atoms with Gasteiger partial charge in [-0.05, 0) is 47.9 Å². The van der Waals surface area contributed by atoms with Gasteiger partial charge >= 0.3 is 5.97 Å². The third-order valence-corrected chi connectivity index (χ3v) is 8.75. The lowest BCUT2D eigenvalue weighted by molar-refractivity contribution is -0.364. The van der Waals surface area contributed by atoms with Crippen molar-refractivity contribution >= 4 is 5.97 Å². The van der Waals surface area contributed by atoms with Crippen molar-refractivity contribution in [2.24, 2.45) is 11.8 Å². The molecule has 0 unspecified atom stereocenters. The van der Waals surface area contributed by atoms with E-state index in [4.69, 9.17) is 42.6 Å². The van der Waals surface area contributed by atoms with Gasteiger partial charge in [0.2, 0.25) is 12.5 Å². The first-order chi connectivity index (χ1) is 20.3. The van der Waals surface area contributed by atoms with Crippen LogP contribution in [0.1, 0.15) is 35.6 Å². The molecule has 42 heavy (non-hydrogen) atoms. The lowest BCUT2D eigenvalue weighted by Crippen LogP contribution is -2.63. The molecule has 13 heteroatoms. The first kappa shape index (κ1) is 27.5. The fourth-order valence-electron chi connectivity index (χ4n) is 6.74. The first-order valence-electron chi connectivity index (χ1n) is 13.8. The van der Waals surface area contributed by atoms with Crippen molar-refractivity contribution < 1.29 is 62.7 Å². The second-order valence-corrected chi connectivity index (χ2v) is 11.0. The van der Waals surface area contributed by atoms with E-state index in [2.05, 4.69) is 0 Å². The van der Waals surface area contributed by atoms with Crippen molar-refractivity contribution in [1.29, 1.82) is 0 Å². The average Bonchev–Trinajstić information content (AvgIpc) is 3.61. The number of benzene rings is 2. The maximum Gasteiger partial charge on any atom is 0.310 e. The summed E-state index contributed by atoms with van der Waals surface area (Å²) < 4.78 is 51.5. The first-order valence-corrected chi connectivity index (χ1v) is 13.8. The van der Waals surface area contributed by atoms with Gasteiger partial charge in [-0.3, -0.25) is 4.79 Å². The highest BCUT2D eigenvalue weighted by atomic mass is 16.8. The van der Waals surface area contributed by atoms with Gasteiger partial charge in [0, 0.05) is 11.8 Å². The van der Waals surface area contributed by atoms with Crippen LogP contribution >= 0.6 is 0 Å². The molecule has 0 bridgehead atoms. The fourth-order valence-corrected chi connectivity index (χ4v) is 6.74. The zero-order chi connectivity index (χ0) is 29.3. The van der Waals surface area contributed by atoms with Gasteiger partial charge in [0.15, 0.2) is 35.6 Å². The molecule has 0 saturated carbocycles. The predicted octanol–water partition coefficient (Wildman–Crippen LogP) is 1.34. The summed E-state index contributed by atoms with van der Waals surface area (Å²) in [6.45, 7) is 1.93. The standard InChI is InChI=1S/C29H32O13/c1-11-36-9-20-27(40-11)24(31)25(32)29(41-20)42-26-14-7-17-16(38-10-39-17)6-13(14)21(22-15(26)8-37-28(22)33)12-4-18(34-2)23(30)19(5-12)35-3/h4-7,11,15,20-22,24-27,29-32H,8-10H2,1-3H3/t11-,15+,20+,21-,22+,24-,25-,26-,27+,29+/m1/s1. The lowest BCUT2D eigenvalue weighted by atomic mass is 9.66. The molecule has 13 nitrogen and oxygen atoms in total. The fraction of sp³-hybridized carbons (Fsp3) is 0.552. The molecule has 3 fully saturated rings. The van der Waals surface area contributed by atoms with Crippen LogP contribution in [0.2, 0.25) is 0 Å². The summed E-state index contributed by atoms with van der Waals surface area (Å²) in [6, 6.07) is 6.93. The Balaban J connectivity index is 1.32. The van der Waals surface area contributed by atoms with E-state index in [1.54, 1.807) is 31.2 Å². The number of phenols is 1. The third kappa shape index (κ3) is 4.26. The minimum Gasteiger partial charge on any atom is -0.502 e. The van der Waals surface area contributed by atoms with Gasteiger partial charge in [-0.25, -0.2) is 0 Å². The number of ether oxygens (including phenoxy) is 9. The molecule has 0 aromatic heterocycles. The van der Waals surface area contributed by atoms with E-state index in [0.29, 0.717) is 28.2 Å². The molecule has 4 aliphatic heterocycles. The van der Waals surface area contributed by atoms with Crippen LogP contribution < -0.4 is 18.9 Å². The Morgan fingerprint density at radius 1 is 0.881 bits per heavy atom. The number of hydrogen-bond acceptors (Lipinski definition) is 13. The van der Waals surface area contributed by atoms with E-state index in [1.807, 2.05) is 0 Å². The van der Waals surface area contributed by atoms with E-state index in [0.717, 1.165) is 0 Å². The zero-order valence-electron chi connectivity index (χ0n) is 23.1. The van der Waals surface area contributed by atoms with Crippen LogP contribution in [0.5, 0.6) is 28.7 Å². The Morgan fingerprint density at radius 2 is 1.57 bits per heavy atom. The van der Waals surface area contributed by atoms with Crippen LogP contribution in [0.15, 0.2) is 24.3 Å². The molecule has 0 spiro atoms. The van der Waals surface area contributed by atoms with Gasteiger partial charge in [0.25, 0.3) is 0 Å². The number of rotatable bonds is 5. The Bertz CT molecular complexity index is 1350. The Kier molecular flexibility index (Phi) is 6.83. The number of cyclic esters (lactones) is 1. The number of carbonyl (C=O) groups excluding carboxylic acids is 1. The Hall–Kier alpha value is -3.33. The minimum absolute atomic E-state index is 0.0301.